The van der Waals surface area contributed by atoms with Crippen LogP contribution in [-0.2, 0) is 0 Å². The molecule has 0 bridgehead atoms. The number of ketones is 1. The Morgan fingerprint density at radius 2 is 2.20 bits per heavy atom. The zero-order valence-electron chi connectivity index (χ0n) is 8.65. The van der Waals surface area contributed by atoms with Gasteiger partial charge in [-0.2, -0.15) is 0 Å². The number of hydrogen-bond donors (Lipinski definition) is 0. The fraction of sp³-hybridized carbons (Fsp3) is 0.167. The zero-order valence-corrected chi connectivity index (χ0v) is 9.47. The van der Waals surface area contributed by atoms with Crippen LogP contribution >= 0.6 is 11.3 Å². The average Bonchev–Trinajstić information content (AvgIpc) is 2.64. The predicted octanol–water partition coefficient (Wildman–Crippen LogP) is 3.32. The highest BCUT2D eigenvalue weighted by Crippen LogP contribution is 2.27. The lowest BCUT2D eigenvalue weighted by atomic mass is 10.1. The third kappa shape index (κ3) is 1.97. The molecule has 15 heavy (non-hydrogen) atoms. The highest BCUT2D eigenvalue weighted by atomic mass is 32.1. The van der Waals surface area contributed by atoms with Gasteiger partial charge in [0.05, 0.1) is 16.1 Å². The van der Waals surface area contributed by atoms with Gasteiger partial charge in [-0.05, 0) is 25.5 Å². The molecule has 0 radical (unpaired) electrons. The first-order chi connectivity index (χ1) is 7.18. The van der Waals surface area contributed by atoms with Gasteiger partial charge in [0.1, 0.15) is 0 Å². The molecular formula is C12H11NOS. The topological polar surface area (TPSA) is 30.0 Å². The fourth-order valence-corrected chi connectivity index (χ4v) is 2.26. The van der Waals surface area contributed by atoms with Crippen molar-refractivity contribution in [3.63, 3.8) is 0 Å². The second-order valence-corrected chi connectivity index (χ2v) is 4.26. The highest BCUT2D eigenvalue weighted by Gasteiger charge is 2.06. The Bertz CT molecular complexity index is 502. The third-order valence-electron chi connectivity index (χ3n) is 2.28. The number of Topliss-reactive ketones (excluding diaryl/α,β-unsaturated/α-hetero) is 1. The molecule has 1 heterocycles. The highest BCUT2D eigenvalue weighted by molar-refractivity contribution is 7.13. The molecule has 0 amide bonds. The molecule has 1 aromatic carbocycles. The molecule has 0 atom stereocenters. The predicted molar refractivity (Wildman–Crippen MR) is 62.3 cm³/mol. The van der Waals surface area contributed by atoms with Gasteiger partial charge in [-0.1, -0.05) is 18.2 Å². The molecule has 1 aromatic heterocycles. The monoisotopic (exact) mass is 217 g/mol. The molecular weight excluding hydrogens is 206 g/mol. The molecule has 2 rings (SSSR count). The van der Waals surface area contributed by atoms with Crippen molar-refractivity contribution in [2.45, 2.75) is 13.8 Å². The van der Waals surface area contributed by atoms with Crippen molar-refractivity contribution in [1.29, 1.82) is 0 Å². The number of hydrogen-bond acceptors (Lipinski definition) is 3. The van der Waals surface area contributed by atoms with Crippen LogP contribution in [0.1, 0.15) is 23.0 Å². The molecule has 0 N–H and O–H groups in total. The Labute approximate surface area is 92.6 Å². The average molecular weight is 217 g/mol. The van der Waals surface area contributed by atoms with Crippen molar-refractivity contribution in [3.8, 4) is 10.4 Å². The van der Waals surface area contributed by atoms with Gasteiger partial charge < -0.3 is 0 Å². The summed E-state index contributed by atoms with van der Waals surface area (Å²) in [4.78, 5) is 16.6. The summed E-state index contributed by atoms with van der Waals surface area (Å²) in [5, 5.41) is 0. The first-order valence-electron chi connectivity index (χ1n) is 4.70. The molecule has 3 heteroatoms. The second kappa shape index (κ2) is 3.95. The number of aryl methyl sites for hydroxylation is 1. The number of aromatic nitrogens is 1. The molecule has 0 unspecified atom stereocenters. The lowest BCUT2D eigenvalue weighted by molar-refractivity contribution is 0.101. The molecule has 2 aromatic rings. The van der Waals surface area contributed by atoms with Gasteiger partial charge in [-0.3, -0.25) is 4.79 Å². The molecule has 0 aliphatic rings. The van der Waals surface area contributed by atoms with Crippen LogP contribution in [0.3, 0.4) is 0 Å². The van der Waals surface area contributed by atoms with E-state index in [1.165, 1.54) is 0 Å². The number of thiazole rings is 1. The van der Waals surface area contributed by atoms with Crippen LogP contribution < -0.4 is 0 Å². The molecule has 0 saturated heterocycles. The SMILES string of the molecule is CC(=O)c1cccc(-c2scnc2C)c1. The Balaban J connectivity index is 2.50. The quantitative estimate of drug-likeness (QED) is 0.722. The fourth-order valence-electron chi connectivity index (χ4n) is 1.46. The van der Waals surface area contributed by atoms with E-state index in [0.717, 1.165) is 21.7 Å². The molecule has 0 aliphatic carbocycles. The summed E-state index contributed by atoms with van der Waals surface area (Å²) >= 11 is 1.60. The maximum Gasteiger partial charge on any atom is 0.159 e. The third-order valence-corrected chi connectivity index (χ3v) is 3.25. The second-order valence-electron chi connectivity index (χ2n) is 3.40. The van der Waals surface area contributed by atoms with E-state index in [-0.39, 0.29) is 5.78 Å². The molecule has 0 spiro atoms. The zero-order chi connectivity index (χ0) is 10.8. The maximum atomic E-state index is 11.2. The number of nitrogens with zero attached hydrogens (tertiary/aromatic N) is 1. The minimum Gasteiger partial charge on any atom is -0.295 e. The minimum atomic E-state index is 0.0963. The van der Waals surface area contributed by atoms with Gasteiger partial charge in [0, 0.05) is 5.56 Å². The summed E-state index contributed by atoms with van der Waals surface area (Å²) in [7, 11) is 0. The van der Waals surface area contributed by atoms with Gasteiger partial charge in [0.2, 0.25) is 0 Å². The molecule has 76 valence electrons. The lowest BCUT2D eigenvalue weighted by Crippen LogP contribution is -1.91. The molecule has 0 fully saturated rings. The summed E-state index contributed by atoms with van der Waals surface area (Å²) in [5.74, 6) is 0.0963. The van der Waals surface area contributed by atoms with E-state index >= 15 is 0 Å². The van der Waals surface area contributed by atoms with Crippen LogP contribution in [0.5, 0.6) is 0 Å². The van der Waals surface area contributed by atoms with Crippen LogP contribution in [0.15, 0.2) is 29.8 Å². The molecule has 0 saturated carbocycles. The van der Waals surface area contributed by atoms with Crippen LogP contribution in [-0.4, -0.2) is 10.8 Å². The maximum absolute atomic E-state index is 11.2. The van der Waals surface area contributed by atoms with Gasteiger partial charge in [-0.15, -0.1) is 11.3 Å². The number of rotatable bonds is 2. The van der Waals surface area contributed by atoms with Gasteiger partial charge in [0.25, 0.3) is 0 Å². The van der Waals surface area contributed by atoms with E-state index in [0.29, 0.717) is 0 Å². The standard InChI is InChI=1S/C12H11NOS/c1-8-12(15-7-13-8)11-5-3-4-10(6-11)9(2)14/h3-7H,1-2H3. The molecule has 2 nitrogen and oxygen atoms in total. The van der Waals surface area contributed by atoms with Gasteiger partial charge in [0.15, 0.2) is 5.78 Å². The van der Waals surface area contributed by atoms with E-state index in [4.69, 9.17) is 0 Å². The van der Waals surface area contributed by atoms with Crippen molar-refractivity contribution in [2.24, 2.45) is 0 Å². The van der Waals surface area contributed by atoms with E-state index < -0.39 is 0 Å². The van der Waals surface area contributed by atoms with E-state index in [1.807, 2.05) is 36.7 Å². The normalized spacial score (nSPS) is 10.3. The van der Waals surface area contributed by atoms with E-state index in [1.54, 1.807) is 18.3 Å². The van der Waals surface area contributed by atoms with Crippen LogP contribution in [0.2, 0.25) is 0 Å². The summed E-state index contributed by atoms with van der Waals surface area (Å²) in [6, 6.07) is 7.67. The Kier molecular flexibility index (Phi) is 2.64. The number of carbonyl (C=O) groups is 1. The van der Waals surface area contributed by atoms with Crippen LogP contribution in [0.4, 0.5) is 0 Å². The smallest absolute Gasteiger partial charge is 0.159 e. The Morgan fingerprint density at radius 3 is 2.80 bits per heavy atom. The summed E-state index contributed by atoms with van der Waals surface area (Å²) in [5.41, 5.74) is 4.66. The first kappa shape index (κ1) is 10.1. The number of benzene rings is 1. The van der Waals surface area contributed by atoms with Crippen LogP contribution in [0.25, 0.3) is 10.4 Å². The van der Waals surface area contributed by atoms with E-state index in [2.05, 4.69) is 4.98 Å². The van der Waals surface area contributed by atoms with E-state index in [9.17, 15) is 4.79 Å². The van der Waals surface area contributed by atoms with Crippen molar-refractivity contribution in [3.05, 3.63) is 41.0 Å². The van der Waals surface area contributed by atoms with Crippen molar-refractivity contribution < 1.29 is 4.79 Å². The van der Waals surface area contributed by atoms with Crippen LogP contribution in [0, 0.1) is 6.92 Å². The Hall–Kier alpha value is -1.48. The number of carbonyl (C=O) groups excluding carboxylic acids is 1. The van der Waals surface area contributed by atoms with Gasteiger partial charge >= 0.3 is 0 Å². The summed E-state index contributed by atoms with van der Waals surface area (Å²) in [6.45, 7) is 3.56. The minimum absolute atomic E-state index is 0.0963. The summed E-state index contributed by atoms with van der Waals surface area (Å²) < 4.78 is 0. The summed E-state index contributed by atoms with van der Waals surface area (Å²) in [6.07, 6.45) is 0. The molecule has 0 aliphatic heterocycles. The van der Waals surface area contributed by atoms with Crippen molar-refractivity contribution >= 4 is 17.1 Å². The Morgan fingerprint density at radius 1 is 1.40 bits per heavy atom. The largest absolute Gasteiger partial charge is 0.295 e. The van der Waals surface area contributed by atoms with Crippen molar-refractivity contribution in [1.82, 2.24) is 4.98 Å². The lowest BCUT2D eigenvalue weighted by Gasteiger charge is -2.01. The first-order valence-corrected chi connectivity index (χ1v) is 5.58. The van der Waals surface area contributed by atoms with Gasteiger partial charge in [-0.25, -0.2) is 4.98 Å². The van der Waals surface area contributed by atoms with Crippen molar-refractivity contribution in [2.75, 3.05) is 0 Å².